The zero-order valence-electron chi connectivity index (χ0n) is 8.51. The molecule has 0 aliphatic carbocycles. The Morgan fingerprint density at radius 3 is 2.75 bits per heavy atom. The van der Waals surface area contributed by atoms with Crippen molar-refractivity contribution in [3.63, 3.8) is 0 Å². The Morgan fingerprint density at radius 1 is 1.44 bits per heavy atom. The third kappa shape index (κ3) is 1.86. The van der Waals surface area contributed by atoms with E-state index in [-0.39, 0.29) is 5.56 Å². The van der Waals surface area contributed by atoms with Crippen molar-refractivity contribution in [3.8, 4) is 11.3 Å². The molecule has 0 saturated carbocycles. The van der Waals surface area contributed by atoms with Crippen LogP contribution in [0.25, 0.3) is 11.3 Å². The Morgan fingerprint density at radius 2 is 2.12 bits per heavy atom. The smallest absolute Gasteiger partial charge is 0.339 e. The van der Waals surface area contributed by atoms with Crippen LogP contribution in [-0.2, 0) is 7.05 Å². The molecule has 0 fully saturated rings. The van der Waals surface area contributed by atoms with Crippen LogP contribution in [0.1, 0.15) is 10.4 Å². The Hall–Kier alpha value is -1.62. The number of hydrogen-bond donors (Lipinski definition) is 1. The second-order valence-electron chi connectivity index (χ2n) is 3.35. The maximum absolute atomic E-state index is 11.1. The van der Waals surface area contributed by atoms with Crippen molar-refractivity contribution in [2.24, 2.45) is 7.05 Å². The molecule has 0 spiro atoms. The number of nitrogens with zero attached hydrogens (tertiary/aromatic N) is 2. The summed E-state index contributed by atoms with van der Waals surface area (Å²) in [7, 11) is 1.70. The van der Waals surface area contributed by atoms with Crippen LogP contribution in [0.2, 0.25) is 0 Å². The number of hydrogen-bond acceptors (Lipinski definition) is 2. The molecule has 4 nitrogen and oxygen atoms in total. The second kappa shape index (κ2) is 4.09. The van der Waals surface area contributed by atoms with E-state index in [0.29, 0.717) is 5.69 Å². The van der Waals surface area contributed by atoms with Gasteiger partial charge in [-0.05, 0) is 6.07 Å². The molecular weight excluding hydrogens is 272 g/mol. The van der Waals surface area contributed by atoms with E-state index in [1.54, 1.807) is 7.05 Å². The van der Waals surface area contributed by atoms with Gasteiger partial charge in [0.25, 0.3) is 0 Å². The number of aromatic nitrogens is 2. The first kappa shape index (κ1) is 10.9. The van der Waals surface area contributed by atoms with Gasteiger partial charge >= 0.3 is 5.97 Å². The van der Waals surface area contributed by atoms with Gasteiger partial charge in [-0.25, -0.2) is 4.79 Å². The van der Waals surface area contributed by atoms with Gasteiger partial charge in [0.05, 0.1) is 0 Å². The van der Waals surface area contributed by atoms with Crippen LogP contribution in [0.5, 0.6) is 0 Å². The number of benzene rings is 1. The summed E-state index contributed by atoms with van der Waals surface area (Å²) in [6.07, 6.45) is 1.50. The maximum Gasteiger partial charge on any atom is 0.339 e. The Bertz CT molecular complexity index is 549. The predicted molar refractivity (Wildman–Crippen MR) is 63.3 cm³/mol. The lowest BCUT2D eigenvalue weighted by molar-refractivity contribution is 0.0697. The van der Waals surface area contributed by atoms with E-state index in [0.717, 1.165) is 10.0 Å². The van der Waals surface area contributed by atoms with Crippen LogP contribution in [0.4, 0.5) is 0 Å². The predicted octanol–water partition coefficient (Wildman–Crippen LogP) is 2.55. The molecule has 82 valence electrons. The van der Waals surface area contributed by atoms with Gasteiger partial charge in [-0.3, -0.25) is 4.68 Å². The average Bonchev–Trinajstić information content (AvgIpc) is 2.61. The lowest BCUT2D eigenvalue weighted by atomic mass is 10.1. The summed E-state index contributed by atoms with van der Waals surface area (Å²) < 4.78 is 2.33. The lowest BCUT2D eigenvalue weighted by Gasteiger charge is -2.01. The fraction of sp³-hybridized carbons (Fsp3) is 0.0909. The van der Waals surface area contributed by atoms with E-state index in [4.69, 9.17) is 5.11 Å². The van der Waals surface area contributed by atoms with Gasteiger partial charge in [0.15, 0.2) is 0 Å². The number of rotatable bonds is 2. The summed E-state index contributed by atoms with van der Waals surface area (Å²) >= 11 is 3.38. The van der Waals surface area contributed by atoms with Gasteiger partial charge in [0.1, 0.15) is 11.3 Å². The van der Waals surface area contributed by atoms with Crippen LogP contribution >= 0.6 is 15.9 Å². The quantitative estimate of drug-likeness (QED) is 0.920. The highest BCUT2D eigenvalue weighted by atomic mass is 79.9. The van der Waals surface area contributed by atoms with Crippen molar-refractivity contribution in [2.75, 3.05) is 0 Å². The topological polar surface area (TPSA) is 55.1 Å². The van der Waals surface area contributed by atoms with E-state index in [2.05, 4.69) is 21.0 Å². The van der Waals surface area contributed by atoms with E-state index in [1.807, 2.05) is 24.3 Å². The van der Waals surface area contributed by atoms with Crippen LogP contribution in [0.15, 0.2) is 34.9 Å². The van der Waals surface area contributed by atoms with Crippen molar-refractivity contribution in [1.82, 2.24) is 9.78 Å². The third-order valence-corrected chi connectivity index (χ3v) is 2.88. The minimum atomic E-state index is -0.973. The minimum absolute atomic E-state index is 0.203. The van der Waals surface area contributed by atoms with Crippen LogP contribution in [0, 0.1) is 0 Å². The number of halogens is 1. The molecule has 0 aliphatic rings. The highest BCUT2D eigenvalue weighted by molar-refractivity contribution is 9.10. The van der Waals surface area contributed by atoms with E-state index in [9.17, 15) is 4.79 Å². The lowest BCUT2D eigenvalue weighted by Crippen LogP contribution is -1.96. The molecule has 2 rings (SSSR count). The maximum atomic E-state index is 11.1. The third-order valence-electron chi connectivity index (χ3n) is 2.19. The molecule has 16 heavy (non-hydrogen) atoms. The molecule has 0 bridgehead atoms. The second-order valence-corrected chi connectivity index (χ2v) is 4.20. The summed E-state index contributed by atoms with van der Waals surface area (Å²) in [6, 6.07) is 7.41. The number of carboxylic acids is 1. The highest BCUT2D eigenvalue weighted by Crippen LogP contribution is 2.29. The Labute approximate surface area is 101 Å². The summed E-state index contributed by atoms with van der Waals surface area (Å²) in [5, 5.41) is 13.2. The van der Waals surface area contributed by atoms with Crippen LogP contribution in [0.3, 0.4) is 0 Å². The SMILES string of the molecule is Cn1cc(C(=O)O)c(-c2ccccc2Br)n1. The molecule has 0 atom stereocenters. The molecule has 1 aromatic carbocycles. The summed E-state index contributed by atoms with van der Waals surface area (Å²) in [5.74, 6) is -0.973. The zero-order valence-corrected chi connectivity index (χ0v) is 10.1. The van der Waals surface area contributed by atoms with Gasteiger partial charge in [-0.2, -0.15) is 5.10 Å². The Balaban J connectivity index is 2.64. The van der Waals surface area contributed by atoms with Crippen molar-refractivity contribution in [2.45, 2.75) is 0 Å². The highest BCUT2D eigenvalue weighted by Gasteiger charge is 2.17. The van der Waals surface area contributed by atoms with Gasteiger partial charge in [0, 0.05) is 23.3 Å². The fourth-order valence-electron chi connectivity index (χ4n) is 1.50. The summed E-state index contributed by atoms with van der Waals surface area (Å²) in [5.41, 5.74) is 1.46. The molecule has 0 amide bonds. The molecule has 1 aromatic heterocycles. The summed E-state index contributed by atoms with van der Waals surface area (Å²) in [4.78, 5) is 11.1. The van der Waals surface area contributed by atoms with Crippen LogP contribution < -0.4 is 0 Å². The van der Waals surface area contributed by atoms with Gasteiger partial charge in [-0.15, -0.1) is 0 Å². The van der Waals surface area contributed by atoms with E-state index >= 15 is 0 Å². The van der Waals surface area contributed by atoms with Crippen LogP contribution in [-0.4, -0.2) is 20.9 Å². The first-order chi connectivity index (χ1) is 7.59. The summed E-state index contributed by atoms with van der Waals surface area (Å²) in [6.45, 7) is 0. The molecule has 0 radical (unpaired) electrons. The number of carboxylic acid groups (broad SMARTS) is 1. The largest absolute Gasteiger partial charge is 0.478 e. The molecule has 0 saturated heterocycles. The van der Waals surface area contributed by atoms with Crippen molar-refractivity contribution < 1.29 is 9.90 Å². The van der Waals surface area contributed by atoms with Gasteiger partial charge < -0.3 is 5.11 Å². The normalized spacial score (nSPS) is 10.4. The molecule has 1 heterocycles. The van der Waals surface area contributed by atoms with Crippen molar-refractivity contribution >= 4 is 21.9 Å². The first-order valence-corrected chi connectivity index (χ1v) is 5.40. The number of aryl methyl sites for hydroxylation is 1. The van der Waals surface area contributed by atoms with Crippen molar-refractivity contribution in [3.05, 3.63) is 40.5 Å². The monoisotopic (exact) mass is 280 g/mol. The minimum Gasteiger partial charge on any atom is -0.478 e. The molecule has 2 aromatic rings. The molecule has 5 heteroatoms. The van der Waals surface area contributed by atoms with Crippen molar-refractivity contribution in [1.29, 1.82) is 0 Å². The molecular formula is C11H9BrN2O2. The Kier molecular flexibility index (Phi) is 2.78. The molecule has 0 unspecified atom stereocenters. The zero-order chi connectivity index (χ0) is 11.7. The molecule has 0 aliphatic heterocycles. The average molecular weight is 281 g/mol. The first-order valence-electron chi connectivity index (χ1n) is 4.61. The van der Waals surface area contributed by atoms with E-state index in [1.165, 1.54) is 10.9 Å². The molecule has 1 N–H and O–H groups in total. The number of aromatic carboxylic acids is 1. The van der Waals surface area contributed by atoms with Gasteiger partial charge in [-0.1, -0.05) is 34.1 Å². The number of carbonyl (C=O) groups is 1. The van der Waals surface area contributed by atoms with Gasteiger partial charge in [0.2, 0.25) is 0 Å². The standard InChI is InChI=1S/C11H9BrN2O2/c1-14-6-8(11(15)16)10(13-14)7-4-2-3-5-9(7)12/h2-6H,1H3,(H,15,16). The van der Waals surface area contributed by atoms with E-state index < -0.39 is 5.97 Å². The fourth-order valence-corrected chi connectivity index (χ4v) is 1.97.